The average Bonchev–Trinajstić information content (AvgIpc) is 2.67. The van der Waals surface area contributed by atoms with Crippen LogP contribution in [0.1, 0.15) is 12.0 Å². The Bertz CT molecular complexity index is 897. The van der Waals surface area contributed by atoms with Gasteiger partial charge in [0.1, 0.15) is 11.9 Å². The van der Waals surface area contributed by atoms with E-state index in [1.54, 1.807) is 61.5 Å². The van der Waals surface area contributed by atoms with Gasteiger partial charge in [-0.25, -0.2) is 13.2 Å². The molecule has 7 heteroatoms. The molecular formula is C19H22N2O4S. The third-order valence-electron chi connectivity index (χ3n) is 4.47. The Morgan fingerprint density at radius 1 is 1.19 bits per heavy atom. The second-order valence-electron chi connectivity index (χ2n) is 6.30. The Balaban J connectivity index is 1.83. The minimum absolute atomic E-state index is 0.167. The van der Waals surface area contributed by atoms with Crippen molar-refractivity contribution in [2.45, 2.75) is 28.7 Å². The van der Waals surface area contributed by atoms with Crippen LogP contribution in [0.4, 0.5) is 4.79 Å². The third kappa shape index (κ3) is 3.67. The Hall–Kier alpha value is -2.54. The summed E-state index contributed by atoms with van der Waals surface area (Å²) in [7, 11) is -0.303. The van der Waals surface area contributed by atoms with Gasteiger partial charge in [0.25, 0.3) is 0 Å². The summed E-state index contributed by atoms with van der Waals surface area (Å²) in [6.07, 6.45) is 1.39. The predicted molar refractivity (Wildman–Crippen MR) is 98.2 cm³/mol. The first kappa shape index (κ1) is 18.3. The number of fused-ring (bicyclic) bond motifs is 1. The van der Waals surface area contributed by atoms with Gasteiger partial charge in [0, 0.05) is 14.1 Å². The Kier molecular flexibility index (Phi) is 5.18. The lowest BCUT2D eigenvalue weighted by Gasteiger charge is -2.29. The number of aryl methyl sites for hydroxylation is 1. The summed E-state index contributed by atoms with van der Waals surface area (Å²) < 4.78 is 31.6. The van der Waals surface area contributed by atoms with Crippen molar-refractivity contribution in [2.75, 3.05) is 20.6 Å². The van der Waals surface area contributed by atoms with E-state index in [0.717, 1.165) is 18.4 Å². The highest BCUT2D eigenvalue weighted by atomic mass is 32.2. The first-order valence-corrected chi connectivity index (χ1v) is 9.92. The van der Waals surface area contributed by atoms with E-state index in [0.29, 0.717) is 12.3 Å². The highest BCUT2D eigenvalue weighted by Crippen LogP contribution is 2.32. The van der Waals surface area contributed by atoms with Crippen molar-refractivity contribution in [3.05, 3.63) is 54.1 Å². The maximum atomic E-state index is 12.8. The van der Waals surface area contributed by atoms with Crippen LogP contribution in [0, 0.1) is 0 Å². The molecule has 0 radical (unpaired) electrons. The first-order valence-electron chi connectivity index (χ1n) is 8.44. The summed E-state index contributed by atoms with van der Waals surface area (Å²) in [6, 6.07) is 13.2. The fourth-order valence-electron chi connectivity index (χ4n) is 3.02. The normalized spacial score (nSPS) is 16.3. The lowest BCUT2D eigenvalue weighted by molar-refractivity contribution is 0.132. The van der Waals surface area contributed by atoms with Crippen molar-refractivity contribution < 1.29 is 17.9 Å². The molecule has 3 rings (SSSR count). The second kappa shape index (κ2) is 7.37. The summed E-state index contributed by atoms with van der Waals surface area (Å²) >= 11 is 0. The summed E-state index contributed by atoms with van der Waals surface area (Å²) in [6.45, 7) is 0.439. The minimum Gasteiger partial charge on any atom is -0.488 e. The number of likely N-dealkylation sites (N-methyl/N-ethyl adjacent to an activating group) is 1. The van der Waals surface area contributed by atoms with Crippen LogP contribution in [-0.4, -0.2) is 46.1 Å². The maximum Gasteiger partial charge on any atom is 0.317 e. The number of carbonyl (C=O) groups excluding carboxylic acids is 1. The largest absolute Gasteiger partial charge is 0.488 e. The van der Waals surface area contributed by atoms with E-state index in [4.69, 9.17) is 4.74 Å². The number of benzene rings is 2. The number of nitrogens with zero attached hydrogens (tertiary/aromatic N) is 1. The molecule has 0 aromatic heterocycles. The molecule has 1 heterocycles. The molecule has 6 nitrogen and oxygen atoms in total. The van der Waals surface area contributed by atoms with Crippen LogP contribution in [0.2, 0.25) is 0 Å². The van der Waals surface area contributed by atoms with E-state index in [2.05, 4.69) is 5.32 Å². The molecule has 1 N–H and O–H groups in total. The summed E-state index contributed by atoms with van der Waals surface area (Å²) in [5, 5.41) is 2.57. The fourth-order valence-corrected chi connectivity index (χ4v) is 4.31. The van der Waals surface area contributed by atoms with Crippen LogP contribution >= 0.6 is 0 Å². The number of urea groups is 1. The number of rotatable bonds is 4. The maximum absolute atomic E-state index is 12.8. The fraction of sp³-hybridized carbons (Fsp3) is 0.316. The molecule has 0 saturated carbocycles. The minimum atomic E-state index is -3.58. The molecule has 0 bridgehead atoms. The van der Waals surface area contributed by atoms with Crippen molar-refractivity contribution in [2.24, 2.45) is 0 Å². The SMILES string of the molecule is CNC(=O)N(C)CC1CCc2ccc(S(=O)(=O)c3ccccc3)cc2O1. The van der Waals surface area contributed by atoms with Crippen molar-refractivity contribution in [3.63, 3.8) is 0 Å². The summed E-state index contributed by atoms with van der Waals surface area (Å²) in [4.78, 5) is 13.7. The molecule has 138 valence electrons. The predicted octanol–water partition coefficient (Wildman–Crippen LogP) is 2.48. The zero-order valence-corrected chi connectivity index (χ0v) is 15.6. The number of amides is 2. The van der Waals surface area contributed by atoms with E-state index < -0.39 is 9.84 Å². The molecular weight excluding hydrogens is 352 g/mol. The van der Waals surface area contributed by atoms with E-state index in [9.17, 15) is 13.2 Å². The first-order chi connectivity index (χ1) is 12.4. The Morgan fingerprint density at radius 2 is 1.92 bits per heavy atom. The van der Waals surface area contributed by atoms with E-state index >= 15 is 0 Å². The van der Waals surface area contributed by atoms with Gasteiger partial charge in [-0.05, 0) is 42.7 Å². The summed E-state index contributed by atoms with van der Waals surface area (Å²) in [5.41, 5.74) is 0.982. The number of hydrogen-bond donors (Lipinski definition) is 1. The number of ether oxygens (including phenoxy) is 1. The van der Waals surface area contributed by atoms with Gasteiger partial charge in [-0.1, -0.05) is 24.3 Å². The molecule has 1 unspecified atom stereocenters. The van der Waals surface area contributed by atoms with Gasteiger partial charge in [0.2, 0.25) is 9.84 Å². The number of carbonyl (C=O) groups is 1. The molecule has 2 amide bonds. The number of sulfone groups is 1. The van der Waals surface area contributed by atoms with Crippen LogP contribution in [-0.2, 0) is 16.3 Å². The van der Waals surface area contributed by atoms with Gasteiger partial charge in [-0.15, -0.1) is 0 Å². The van der Waals surface area contributed by atoms with E-state index in [-0.39, 0.29) is 21.9 Å². The molecule has 0 spiro atoms. The van der Waals surface area contributed by atoms with Crippen molar-refractivity contribution in [1.82, 2.24) is 10.2 Å². The van der Waals surface area contributed by atoms with Crippen LogP contribution in [0.25, 0.3) is 0 Å². The van der Waals surface area contributed by atoms with Crippen LogP contribution in [0.3, 0.4) is 0 Å². The smallest absolute Gasteiger partial charge is 0.317 e. The van der Waals surface area contributed by atoms with Crippen LogP contribution < -0.4 is 10.1 Å². The molecule has 26 heavy (non-hydrogen) atoms. The lowest BCUT2D eigenvalue weighted by atomic mass is 10.0. The van der Waals surface area contributed by atoms with Crippen molar-refractivity contribution in [3.8, 4) is 5.75 Å². The number of hydrogen-bond acceptors (Lipinski definition) is 4. The molecule has 1 aliphatic rings. The zero-order valence-electron chi connectivity index (χ0n) is 14.8. The molecule has 2 aromatic carbocycles. The zero-order chi connectivity index (χ0) is 18.7. The van der Waals surface area contributed by atoms with Gasteiger partial charge in [-0.2, -0.15) is 0 Å². The van der Waals surface area contributed by atoms with Gasteiger partial charge in [0.05, 0.1) is 16.3 Å². The average molecular weight is 374 g/mol. The standard InChI is InChI=1S/C19H22N2O4S/c1-20-19(22)21(2)13-15-10-8-14-9-11-17(12-18(14)25-15)26(23,24)16-6-4-3-5-7-16/h3-7,9,11-12,15H,8,10,13H2,1-2H3,(H,20,22). The van der Waals surface area contributed by atoms with Gasteiger partial charge in [-0.3, -0.25) is 0 Å². The second-order valence-corrected chi connectivity index (χ2v) is 8.25. The molecule has 0 fully saturated rings. The van der Waals surface area contributed by atoms with E-state index in [1.807, 2.05) is 6.07 Å². The highest BCUT2D eigenvalue weighted by Gasteiger charge is 2.25. The quantitative estimate of drug-likeness (QED) is 0.892. The summed E-state index contributed by atoms with van der Waals surface area (Å²) in [5.74, 6) is 0.573. The molecule has 0 aliphatic carbocycles. The van der Waals surface area contributed by atoms with Gasteiger partial charge < -0.3 is 15.0 Å². The molecule has 1 aliphatic heterocycles. The van der Waals surface area contributed by atoms with Crippen LogP contribution in [0.5, 0.6) is 5.75 Å². The van der Waals surface area contributed by atoms with E-state index in [1.165, 1.54) is 0 Å². The molecule has 1 atom stereocenters. The molecule has 0 saturated heterocycles. The Labute approximate surface area is 153 Å². The molecule has 2 aromatic rings. The van der Waals surface area contributed by atoms with Gasteiger partial charge in [0.15, 0.2) is 0 Å². The third-order valence-corrected chi connectivity index (χ3v) is 6.24. The Morgan fingerprint density at radius 3 is 2.62 bits per heavy atom. The van der Waals surface area contributed by atoms with Gasteiger partial charge >= 0.3 is 6.03 Å². The highest BCUT2D eigenvalue weighted by molar-refractivity contribution is 7.91. The lowest BCUT2D eigenvalue weighted by Crippen LogP contribution is -2.42. The monoisotopic (exact) mass is 374 g/mol. The van der Waals surface area contributed by atoms with Crippen LogP contribution in [0.15, 0.2) is 58.3 Å². The van der Waals surface area contributed by atoms with Crippen molar-refractivity contribution in [1.29, 1.82) is 0 Å². The van der Waals surface area contributed by atoms with Crippen molar-refractivity contribution >= 4 is 15.9 Å². The topological polar surface area (TPSA) is 75.7 Å². The number of nitrogens with one attached hydrogen (secondary N) is 1.